The average molecular weight is 291 g/mol. The van der Waals surface area contributed by atoms with Gasteiger partial charge in [-0.3, -0.25) is 9.36 Å². The molecule has 1 aliphatic heterocycles. The summed E-state index contributed by atoms with van der Waals surface area (Å²) in [6.07, 6.45) is 0. The molecule has 0 aliphatic carbocycles. The van der Waals surface area contributed by atoms with E-state index >= 15 is 0 Å². The van der Waals surface area contributed by atoms with Crippen molar-refractivity contribution in [2.45, 2.75) is 29.6 Å². The number of aromatic amines is 1. The van der Waals surface area contributed by atoms with Crippen molar-refractivity contribution in [3.05, 3.63) is 34.2 Å². The SMILES string of the molecule is CCn1c(Sc2ccc3c(c2)NC(=O)C3N)n[nH]c1=O. The Bertz CT molecular complexity index is 736. The molecule has 1 aliphatic rings. The molecule has 7 nitrogen and oxygen atoms in total. The number of rotatable bonds is 3. The third kappa shape index (κ3) is 2.02. The summed E-state index contributed by atoms with van der Waals surface area (Å²) in [5.74, 6) is -0.201. The molecule has 2 heterocycles. The van der Waals surface area contributed by atoms with Gasteiger partial charge in [0.15, 0.2) is 5.16 Å². The molecule has 8 heteroatoms. The molecule has 20 heavy (non-hydrogen) atoms. The zero-order chi connectivity index (χ0) is 14.3. The topological polar surface area (TPSA) is 106 Å². The summed E-state index contributed by atoms with van der Waals surface area (Å²) in [6, 6.07) is 4.91. The predicted octanol–water partition coefficient (Wildman–Crippen LogP) is 0.694. The normalized spacial score (nSPS) is 17.1. The number of hydrogen-bond donors (Lipinski definition) is 3. The van der Waals surface area contributed by atoms with Crippen LogP contribution >= 0.6 is 11.8 Å². The number of amides is 1. The van der Waals surface area contributed by atoms with Crippen molar-refractivity contribution in [1.29, 1.82) is 0 Å². The van der Waals surface area contributed by atoms with Crippen molar-refractivity contribution in [1.82, 2.24) is 14.8 Å². The largest absolute Gasteiger partial charge is 0.343 e. The Morgan fingerprint density at radius 2 is 2.25 bits per heavy atom. The van der Waals surface area contributed by atoms with Crippen LogP contribution < -0.4 is 16.7 Å². The van der Waals surface area contributed by atoms with Crippen LogP contribution in [0, 0.1) is 0 Å². The molecule has 0 radical (unpaired) electrons. The number of fused-ring (bicyclic) bond motifs is 1. The van der Waals surface area contributed by atoms with Crippen molar-refractivity contribution >= 4 is 23.4 Å². The van der Waals surface area contributed by atoms with Gasteiger partial charge in [0.2, 0.25) is 5.91 Å². The van der Waals surface area contributed by atoms with Gasteiger partial charge in [-0.1, -0.05) is 6.07 Å². The fraction of sp³-hybridized carbons (Fsp3) is 0.250. The lowest BCUT2D eigenvalue weighted by atomic mass is 10.1. The van der Waals surface area contributed by atoms with E-state index in [1.54, 1.807) is 4.57 Å². The number of H-pyrrole nitrogens is 1. The Morgan fingerprint density at radius 1 is 1.45 bits per heavy atom. The number of nitrogens with zero attached hydrogens (tertiary/aromatic N) is 2. The highest BCUT2D eigenvalue weighted by molar-refractivity contribution is 7.99. The van der Waals surface area contributed by atoms with Gasteiger partial charge in [-0.15, -0.1) is 5.10 Å². The number of carbonyl (C=O) groups excluding carboxylic acids is 1. The zero-order valence-electron chi connectivity index (χ0n) is 10.7. The fourth-order valence-electron chi connectivity index (χ4n) is 2.10. The van der Waals surface area contributed by atoms with E-state index in [0.29, 0.717) is 17.4 Å². The maximum atomic E-state index is 11.5. The molecule has 0 fully saturated rings. The summed E-state index contributed by atoms with van der Waals surface area (Å²) in [6.45, 7) is 2.42. The Balaban J connectivity index is 1.92. The van der Waals surface area contributed by atoms with Gasteiger partial charge < -0.3 is 11.1 Å². The first-order valence-corrected chi connectivity index (χ1v) is 6.95. The second-order valence-corrected chi connectivity index (χ2v) is 5.41. The summed E-state index contributed by atoms with van der Waals surface area (Å²) in [5, 5.41) is 9.73. The molecule has 4 N–H and O–H groups in total. The number of benzene rings is 1. The van der Waals surface area contributed by atoms with E-state index in [1.165, 1.54) is 11.8 Å². The van der Waals surface area contributed by atoms with E-state index in [4.69, 9.17) is 5.73 Å². The monoisotopic (exact) mass is 291 g/mol. The molecule has 1 atom stereocenters. The number of carbonyl (C=O) groups is 1. The van der Waals surface area contributed by atoms with E-state index in [9.17, 15) is 9.59 Å². The smallest absolute Gasteiger partial charge is 0.324 e. The van der Waals surface area contributed by atoms with Crippen LogP contribution in [0.2, 0.25) is 0 Å². The minimum Gasteiger partial charge on any atom is -0.324 e. The summed E-state index contributed by atoms with van der Waals surface area (Å²) < 4.78 is 1.54. The molecule has 0 saturated heterocycles. The first-order chi connectivity index (χ1) is 9.60. The Morgan fingerprint density at radius 3 is 3.00 bits per heavy atom. The van der Waals surface area contributed by atoms with Crippen LogP contribution in [0.15, 0.2) is 33.0 Å². The van der Waals surface area contributed by atoms with Crippen molar-refractivity contribution in [3.63, 3.8) is 0 Å². The van der Waals surface area contributed by atoms with Crippen LogP contribution in [-0.4, -0.2) is 20.7 Å². The average Bonchev–Trinajstić information content (AvgIpc) is 2.91. The van der Waals surface area contributed by atoms with Gasteiger partial charge in [0.05, 0.1) is 0 Å². The molecule has 2 aromatic rings. The van der Waals surface area contributed by atoms with Crippen molar-refractivity contribution in [2.75, 3.05) is 5.32 Å². The first-order valence-electron chi connectivity index (χ1n) is 6.13. The molecule has 3 rings (SSSR count). The third-order valence-electron chi connectivity index (χ3n) is 3.15. The Hall–Kier alpha value is -2.06. The van der Waals surface area contributed by atoms with Gasteiger partial charge in [-0.25, -0.2) is 9.89 Å². The highest BCUT2D eigenvalue weighted by Gasteiger charge is 2.27. The predicted molar refractivity (Wildman–Crippen MR) is 74.6 cm³/mol. The molecule has 1 amide bonds. The summed E-state index contributed by atoms with van der Waals surface area (Å²) in [5.41, 5.74) is 7.03. The van der Waals surface area contributed by atoms with Crippen molar-refractivity contribution in [3.8, 4) is 0 Å². The minimum atomic E-state index is -0.608. The van der Waals surface area contributed by atoms with Gasteiger partial charge in [-0.05, 0) is 30.8 Å². The second kappa shape index (κ2) is 4.80. The molecule has 1 unspecified atom stereocenters. The van der Waals surface area contributed by atoms with Crippen LogP contribution in [0.5, 0.6) is 0 Å². The van der Waals surface area contributed by atoms with E-state index in [1.807, 2.05) is 25.1 Å². The van der Waals surface area contributed by atoms with Crippen LogP contribution in [0.3, 0.4) is 0 Å². The van der Waals surface area contributed by atoms with Gasteiger partial charge in [0.25, 0.3) is 0 Å². The fourth-order valence-corrected chi connectivity index (χ4v) is 3.03. The zero-order valence-corrected chi connectivity index (χ0v) is 11.5. The maximum Gasteiger partial charge on any atom is 0.343 e. The number of nitrogens with one attached hydrogen (secondary N) is 2. The van der Waals surface area contributed by atoms with E-state index < -0.39 is 6.04 Å². The number of nitrogens with two attached hydrogens (primary N) is 1. The molecular weight excluding hydrogens is 278 g/mol. The Kier molecular flexibility index (Phi) is 3.11. The first kappa shape index (κ1) is 12.9. The summed E-state index contributed by atoms with van der Waals surface area (Å²) in [4.78, 5) is 23.9. The van der Waals surface area contributed by atoms with Crippen molar-refractivity contribution < 1.29 is 4.79 Å². The summed E-state index contributed by atoms with van der Waals surface area (Å²) in [7, 11) is 0. The van der Waals surface area contributed by atoms with Crippen LogP contribution in [0.25, 0.3) is 0 Å². The van der Waals surface area contributed by atoms with Crippen LogP contribution in [0.4, 0.5) is 5.69 Å². The van der Waals surface area contributed by atoms with Gasteiger partial charge in [-0.2, -0.15) is 0 Å². The van der Waals surface area contributed by atoms with E-state index in [0.717, 1.165) is 10.5 Å². The molecular formula is C12H13N5O2S. The lowest BCUT2D eigenvalue weighted by Gasteiger charge is -2.05. The second-order valence-electron chi connectivity index (χ2n) is 4.37. The van der Waals surface area contributed by atoms with Gasteiger partial charge >= 0.3 is 5.69 Å². The highest BCUT2D eigenvalue weighted by Crippen LogP contribution is 2.34. The van der Waals surface area contributed by atoms with Gasteiger partial charge in [0, 0.05) is 22.7 Å². The molecule has 0 saturated carbocycles. The minimum absolute atomic E-state index is 0.201. The lowest BCUT2D eigenvalue weighted by Crippen LogP contribution is -2.19. The standard InChI is InChI=1S/C12H13N5O2S/c1-2-17-11(19)15-16-12(17)20-6-3-4-7-8(5-6)14-10(18)9(7)13/h3-5,9H,2,13H2,1H3,(H,14,18)(H,15,19). The lowest BCUT2D eigenvalue weighted by molar-refractivity contribution is -0.116. The number of anilines is 1. The van der Waals surface area contributed by atoms with Crippen LogP contribution in [0.1, 0.15) is 18.5 Å². The van der Waals surface area contributed by atoms with E-state index in [2.05, 4.69) is 15.5 Å². The number of hydrogen-bond acceptors (Lipinski definition) is 5. The van der Waals surface area contributed by atoms with Crippen molar-refractivity contribution in [2.24, 2.45) is 5.73 Å². The highest BCUT2D eigenvalue weighted by atomic mass is 32.2. The Labute approximate surface area is 118 Å². The van der Waals surface area contributed by atoms with Gasteiger partial charge in [0.1, 0.15) is 6.04 Å². The van der Waals surface area contributed by atoms with E-state index in [-0.39, 0.29) is 11.6 Å². The maximum absolute atomic E-state index is 11.5. The van der Waals surface area contributed by atoms with Crippen LogP contribution in [-0.2, 0) is 11.3 Å². The summed E-state index contributed by atoms with van der Waals surface area (Å²) >= 11 is 1.36. The molecule has 104 valence electrons. The molecule has 1 aromatic heterocycles. The quantitative estimate of drug-likeness (QED) is 0.771. The molecule has 1 aromatic carbocycles. The molecule has 0 spiro atoms. The third-order valence-corrected chi connectivity index (χ3v) is 4.13. The molecule has 0 bridgehead atoms. The number of aromatic nitrogens is 3.